The second kappa shape index (κ2) is 8.02. The summed E-state index contributed by atoms with van der Waals surface area (Å²) in [7, 11) is 0. The van der Waals surface area contributed by atoms with E-state index in [2.05, 4.69) is 10.5 Å². The van der Waals surface area contributed by atoms with Crippen molar-refractivity contribution in [1.82, 2.24) is 5.43 Å². The fourth-order valence-corrected chi connectivity index (χ4v) is 4.03. The second-order valence-electron chi connectivity index (χ2n) is 7.39. The molecule has 0 radical (unpaired) electrons. The zero-order valence-corrected chi connectivity index (χ0v) is 17.4. The van der Waals surface area contributed by atoms with Gasteiger partial charge in [0.2, 0.25) is 5.91 Å². The highest BCUT2D eigenvalue weighted by atomic mass is 35.5. The Bertz CT molecular complexity index is 996. The van der Waals surface area contributed by atoms with Gasteiger partial charge in [-0.05, 0) is 54.3 Å². The summed E-state index contributed by atoms with van der Waals surface area (Å²) >= 11 is 12.1. The van der Waals surface area contributed by atoms with Crippen LogP contribution in [0, 0.1) is 12.8 Å². The number of nitrogens with one attached hydrogen (secondary N) is 1. The van der Waals surface area contributed by atoms with E-state index in [0.717, 1.165) is 16.7 Å². The van der Waals surface area contributed by atoms with Crippen LogP contribution < -0.4 is 5.43 Å². The van der Waals surface area contributed by atoms with Crippen LogP contribution in [0.3, 0.4) is 0 Å². The third-order valence-corrected chi connectivity index (χ3v) is 5.97. The van der Waals surface area contributed by atoms with Crippen LogP contribution in [0.25, 0.3) is 0 Å². The molecule has 1 aliphatic rings. The normalized spacial score (nSPS) is 17.3. The first-order chi connectivity index (χ1) is 14.0. The van der Waals surface area contributed by atoms with Gasteiger partial charge >= 0.3 is 0 Å². The Morgan fingerprint density at radius 1 is 0.931 bits per heavy atom. The first kappa shape index (κ1) is 19.7. The smallest absolute Gasteiger partial charge is 0.244 e. The number of rotatable bonds is 5. The monoisotopic (exact) mass is 422 g/mol. The van der Waals surface area contributed by atoms with E-state index in [4.69, 9.17) is 23.2 Å². The van der Waals surface area contributed by atoms with Crippen LogP contribution in [0.2, 0.25) is 10.0 Å². The lowest BCUT2D eigenvalue weighted by atomic mass is 9.85. The second-order valence-corrected chi connectivity index (χ2v) is 8.26. The zero-order chi connectivity index (χ0) is 20.4. The van der Waals surface area contributed by atoms with E-state index in [-0.39, 0.29) is 11.8 Å². The lowest BCUT2D eigenvalue weighted by Gasteiger charge is -2.19. The number of aryl methyl sites for hydroxylation is 1. The molecule has 4 rings (SSSR count). The van der Waals surface area contributed by atoms with Crippen LogP contribution in [0.1, 0.15) is 28.7 Å². The third kappa shape index (κ3) is 4.07. The molecule has 0 aliphatic heterocycles. The Morgan fingerprint density at radius 2 is 1.45 bits per heavy atom. The molecule has 3 aromatic rings. The zero-order valence-electron chi connectivity index (χ0n) is 15.9. The van der Waals surface area contributed by atoms with Crippen molar-refractivity contribution in [1.29, 1.82) is 0 Å². The van der Waals surface area contributed by atoms with E-state index >= 15 is 0 Å². The summed E-state index contributed by atoms with van der Waals surface area (Å²) in [6.45, 7) is 2.03. The molecular weight excluding hydrogens is 403 g/mol. The molecule has 5 heteroatoms. The van der Waals surface area contributed by atoms with Crippen LogP contribution in [-0.2, 0) is 10.2 Å². The molecule has 1 N–H and O–H groups in total. The standard InChI is InChI=1S/C24H20Cl2N2O/c1-16-2-4-17(5-3-16)15-27-28-23(29)22-14-24(22,18-6-10-20(25)11-7-18)19-8-12-21(26)13-9-19/h2-13,15,22H,14H2,1H3,(H,28,29). The van der Waals surface area contributed by atoms with Crippen molar-refractivity contribution in [3.63, 3.8) is 0 Å². The molecule has 0 aromatic heterocycles. The van der Waals surface area contributed by atoms with Crippen molar-refractivity contribution >= 4 is 35.3 Å². The fraction of sp³-hybridized carbons (Fsp3) is 0.167. The van der Waals surface area contributed by atoms with Crippen molar-refractivity contribution in [2.75, 3.05) is 0 Å². The van der Waals surface area contributed by atoms with Gasteiger partial charge in [-0.3, -0.25) is 4.79 Å². The SMILES string of the molecule is Cc1ccc(C=NNC(=O)C2CC2(c2ccc(Cl)cc2)c2ccc(Cl)cc2)cc1. The lowest BCUT2D eigenvalue weighted by molar-refractivity contribution is -0.122. The molecule has 3 aromatic carbocycles. The van der Waals surface area contributed by atoms with Gasteiger partial charge < -0.3 is 0 Å². The first-order valence-electron chi connectivity index (χ1n) is 9.41. The first-order valence-corrected chi connectivity index (χ1v) is 10.2. The van der Waals surface area contributed by atoms with Crippen LogP contribution >= 0.6 is 23.2 Å². The van der Waals surface area contributed by atoms with Gasteiger partial charge in [0.05, 0.1) is 12.1 Å². The summed E-state index contributed by atoms with van der Waals surface area (Å²) in [5, 5.41) is 5.49. The largest absolute Gasteiger partial charge is 0.273 e. The van der Waals surface area contributed by atoms with Gasteiger partial charge in [-0.25, -0.2) is 5.43 Å². The molecule has 1 atom stereocenters. The van der Waals surface area contributed by atoms with E-state index in [0.29, 0.717) is 16.5 Å². The Hall–Kier alpha value is -2.62. The van der Waals surface area contributed by atoms with Gasteiger partial charge in [0.15, 0.2) is 0 Å². The van der Waals surface area contributed by atoms with Crippen LogP contribution in [0.4, 0.5) is 0 Å². The molecule has 1 unspecified atom stereocenters. The van der Waals surface area contributed by atoms with Crippen LogP contribution in [0.15, 0.2) is 77.9 Å². The van der Waals surface area contributed by atoms with E-state index in [1.165, 1.54) is 5.56 Å². The minimum atomic E-state index is -0.390. The molecule has 1 aliphatic carbocycles. The Morgan fingerprint density at radius 3 is 1.97 bits per heavy atom. The molecule has 0 bridgehead atoms. The Kier molecular flexibility index (Phi) is 5.44. The third-order valence-electron chi connectivity index (χ3n) is 5.46. The van der Waals surface area contributed by atoms with Gasteiger partial charge in [0, 0.05) is 15.5 Å². The number of hydrogen-bond acceptors (Lipinski definition) is 2. The highest BCUT2D eigenvalue weighted by Gasteiger charge is 2.60. The van der Waals surface area contributed by atoms with E-state index in [1.807, 2.05) is 79.7 Å². The molecule has 3 nitrogen and oxygen atoms in total. The molecular formula is C24H20Cl2N2O. The number of nitrogens with zero attached hydrogens (tertiary/aromatic N) is 1. The van der Waals surface area contributed by atoms with Crippen LogP contribution in [-0.4, -0.2) is 12.1 Å². The summed E-state index contributed by atoms with van der Waals surface area (Å²) in [6, 6.07) is 23.3. The van der Waals surface area contributed by atoms with Crippen molar-refractivity contribution in [3.8, 4) is 0 Å². The average molecular weight is 423 g/mol. The average Bonchev–Trinajstić information content (AvgIpc) is 3.47. The predicted molar refractivity (Wildman–Crippen MR) is 119 cm³/mol. The number of benzene rings is 3. The Balaban J connectivity index is 1.56. The number of hydrazone groups is 1. The highest BCUT2D eigenvalue weighted by molar-refractivity contribution is 6.30. The topological polar surface area (TPSA) is 41.5 Å². The molecule has 1 amide bonds. The summed E-state index contributed by atoms with van der Waals surface area (Å²) in [5.74, 6) is -0.307. The minimum absolute atomic E-state index is 0.0988. The molecule has 1 fully saturated rings. The molecule has 0 saturated heterocycles. The van der Waals surface area contributed by atoms with Crippen LogP contribution in [0.5, 0.6) is 0 Å². The van der Waals surface area contributed by atoms with Gasteiger partial charge in [0.25, 0.3) is 0 Å². The number of halogens is 2. The summed E-state index contributed by atoms with van der Waals surface area (Å²) < 4.78 is 0. The summed E-state index contributed by atoms with van der Waals surface area (Å²) in [5.41, 5.74) is 6.56. The van der Waals surface area contributed by atoms with Crippen molar-refractivity contribution in [2.24, 2.45) is 11.0 Å². The highest BCUT2D eigenvalue weighted by Crippen LogP contribution is 2.59. The summed E-state index contributed by atoms with van der Waals surface area (Å²) in [4.78, 5) is 12.9. The number of hydrogen-bond donors (Lipinski definition) is 1. The van der Waals surface area contributed by atoms with Gasteiger partial charge in [-0.1, -0.05) is 77.3 Å². The fourth-order valence-electron chi connectivity index (χ4n) is 3.78. The maximum Gasteiger partial charge on any atom is 0.244 e. The maximum atomic E-state index is 12.9. The number of amides is 1. The summed E-state index contributed by atoms with van der Waals surface area (Å²) in [6.07, 6.45) is 2.37. The van der Waals surface area contributed by atoms with Gasteiger partial charge in [0.1, 0.15) is 0 Å². The van der Waals surface area contributed by atoms with E-state index in [9.17, 15) is 4.79 Å². The van der Waals surface area contributed by atoms with Crippen molar-refractivity contribution < 1.29 is 4.79 Å². The van der Waals surface area contributed by atoms with Gasteiger partial charge in [-0.2, -0.15) is 5.10 Å². The van der Waals surface area contributed by atoms with E-state index < -0.39 is 5.41 Å². The molecule has 1 saturated carbocycles. The minimum Gasteiger partial charge on any atom is -0.273 e. The number of carbonyl (C=O) groups excluding carboxylic acids is 1. The van der Waals surface area contributed by atoms with Crippen molar-refractivity contribution in [2.45, 2.75) is 18.8 Å². The maximum absolute atomic E-state index is 12.9. The quantitative estimate of drug-likeness (QED) is 0.412. The lowest BCUT2D eigenvalue weighted by Crippen LogP contribution is -2.25. The molecule has 0 spiro atoms. The predicted octanol–water partition coefficient (Wildman–Crippen LogP) is 5.76. The molecule has 29 heavy (non-hydrogen) atoms. The molecule has 146 valence electrons. The van der Waals surface area contributed by atoms with Gasteiger partial charge in [-0.15, -0.1) is 0 Å². The van der Waals surface area contributed by atoms with E-state index in [1.54, 1.807) is 6.21 Å². The molecule has 0 heterocycles. The van der Waals surface area contributed by atoms with Crippen molar-refractivity contribution in [3.05, 3.63) is 105 Å². The Labute approximate surface area is 180 Å². The number of carbonyl (C=O) groups is 1.